The molecule has 1 aromatic carbocycles. The average Bonchev–Trinajstić information content (AvgIpc) is 2.80. The van der Waals surface area contributed by atoms with Gasteiger partial charge in [-0.15, -0.1) is 0 Å². The number of benzene rings is 1. The Bertz CT molecular complexity index is 957. The highest BCUT2D eigenvalue weighted by Crippen LogP contribution is 2.28. The molecule has 6 nitrogen and oxygen atoms in total. The second kappa shape index (κ2) is 9.94. The fourth-order valence-electron chi connectivity index (χ4n) is 4.80. The highest BCUT2D eigenvalue weighted by atomic mass is 19.1. The molecular weight excluding hydrogens is 405 g/mol. The maximum absolute atomic E-state index is 14.9. The van der Waals surface area contributed by atoms with Crippen LogP contribution in [0.1, 0.15) is 65.5 Å². The van der Waals surface area contributed by atoms with Crippen molar-refractivity contribution in [3.05, 3.63) is 52.9 Å². The Hall–Kier alpha value is -2.54. The highest BCUT2D eigenvalue weighted by Gasteiger charge is 2.25. The lowest BCUT2D eigenvalue weighted by molar-refractivity contribution is 0.0825. The van der Waals surface area contributed by atoms with Crippen LogP contribution in [0.15, 0.2) is 24.4 Å². The Morgan fingerprint density at radius 3 is 2.62 bits per heavy atom. The fourth-order valence-corrected chi connectivity index (χ4v) is 4.80. The van der Waals surface area contributed by atoms with E-state index < -0.39 is 0 Å². The molecule has 0 spiro atoms. The second-order valence-corrected chi connectivity index (χ2v) is 9.32. The SMILES string of the molecule is Cc1nc(C2CCCN(Cc3ccc(N4CCCCC4)cc3F)C2)ncc1C(=O)N(C)C. The summed E-state index contributed by atoms with van der Waals surface area (Å²) >= 11 is 0. The summed E-state index contributed by atoms with van der Waals surface area (Å²) in [7, 11) is 3.46. The molecule has 2 saturated heterocycles. The molecule has 1 atom stereocenters. The summed E-state index contributed by atoms with van der Waals surface area (Å²) in [4.78, 5) is 27.6. The van der Waals surface area contributed by atoms with Crippen molar-refractivity contribution in [1.29, 1.82) is 0 Å². The molecule has 0 radical (unpaired) electrons. The molecule has 2 fully saturated rings. The van der Waals surface area contributed by atoms with E-state index in [0.29, 0.717) is 17.8 Å². The normalized spacial score (nSPS) is 19.8. The maximum Gasteiger partial charge on any atom is 0.256 e. The zero-order valence-electron chi connectivity index (χ0n) is 19.5. The topological polar surface area (TPSA) is 52.6 Å². The average molecular weight is 440 g/mol. The first-order chi connectivity index (χ1) is 15.4. The largest absolute Gasteiger partial charge is 0.371 e. The molecular formula is C25H34FN5O. The van der Waals surface area contributed by atoms with Crippen LogP contribution in [0.4, 0.5) is 10.1 Å². The quantitative estimate of drug-likeness (QED) is 0.705. The molecule has 2 aromatic rings. The van der Waals surface area contributed by atoms with Gasteiger partial charge in [-0.1, -0.05) is 6.07 Å². The summed E-state index contributed by atoms with van der Waals surface area (Å²) in [6.45, 7) is 6.24. The van der Waals surface area contributed by atoms with E-state index in [1.807, 2.05) is 13.0 Å². The predicted molar refractivity (Wildman–Crippen MR) is 125 cm³/mol. The number of likely N-dealkylation sites (tertiary alicyclic amines) is 1. The number of nitrogens with zero attached hydrogens (tertiary/aromatic N) is 5. The Labute approximate surface area is 190 Å². The molecule has 2 aliphatic rings. The van der Waals surface area contributed by atoms with Gasteiger partial charge in [0.25, 0.3) is 5.91 Å². The third-order valence-corrected chi connectivity index (χ3v) is 6.66. The van der Waals surface area contributed by atoms with Crippen LogP contribution in [0.2, 0.25) is 0 Å². The van der Waals surface area contributed by atoms with Gasteiger partial charge in [0, 0.05) is 63.6 Å². The van der Waals surface area contributed by atoms with Gasteiger partial charge >= 0.3 is 0 Å². The van der Waals surface area contributed by atoms with E-state index in [2.05, 4.69) is 25.8 Å². The molecule has 4 rings (SSSR count). The minimum Gasteiger partial charge on any atom is -0.371 e. The standard InChI is InChI=1S/C25H34FN5O/c1-18-22(25(32)29(2)3)15-27-24(28-18)20-8-7-11-30(17-20)16-19-9-10-21(14-23(19)26)31-12-5-4-6-13-31/h9-10,14-15,20H,4-8,11-13,16-17H2,1-3H3. The molecule has 32 heavy (non-hydrogen) atoms. The van der Waals surface area contributed by atoms with Crippen LogP contribution in [0.25, 0.3) is 0 Å². The van der Waals surface area contributed by atoms with Gasteiger partial charge in [0.05, 0.1) is 11.3 Å². The van der Waals surface area contributed by atoms with Crippen molar-refractivity contribution in [3.8, 4) is 0 Å². The van der Waals surface area contributed by atoms with E-state index in [1.54, 1.807) is 31.3 Å². The third kappa shape index (κ3) is 5.09. The second-order valence-electron chi connectivity index (χ2n) is 9.32. The van der Waals surface area contributed by atoms with Crippen LogP contribution < -0.4 is 4.90 Å². The van der Waals surface area contributed by atoms with E-state index >= 15 is 0 Å². The van der Waals surface area contributed by atoms with Crippen molar-refractivity contribution in [3.63, 3.8) is 0 Å². The first-order valence-electron chi connectivity index (χ1n) is 11.7. The molecule has 2 aliphatic heterocycles. The van der Waals surface area contributed by atoms with Crippen LogP contribution >= 0.6 is 0 Å². The van der Waals surface area contributed by atoms with Crippen LogP contribution in [0.5, 0.6) is 0 Å². The maximum atomic E-state index is 14.9. The van der Waals surface area contributed by atoms with E-state index in [9.17, 15) is 9.18 Å². The molecule has 3 heterocycles. The van der Waals surface area contributed by atoms with Crippen molar-refractivity contribution >= 4 is 11.6 Å². The molecule has 1 aromatic heterocycles. The van der Waals surface area contributed by atoms with Gasteiger partial charge in [-0.05, 0) is 57.7 Å². The molecule has 7 heteroatoms. The number of amides is 1. The fraction of sp³-hybridized carbons (Fsp3) is 0.560. The Morgan fingerprint density at radius 1 is 1.16 bits per heavy atom. The molecule has 0 aliphatic carbocycles. The number of aromatic nitrogens is 2. The van der Waals surface area contributed by atoms with Gasteiger partial charge in [-0.3, -0.25) is 9.69 Å². The number of hydrogen-bond donors (Lipinski definition) is 0. The summed E-state index contributed by atoms with van der Waals surface area (Å²) in [5.74, 6) is 0.779. The summed E-state index contributed by atoms with van der Waals surface area (Å²) in [5, 5.41) is 0. The molecule has 172 valence electrons. The van der Waals surface area contributed by atoms with E-state index in [-0.39, 0.29) is 17.6 Å². The van der Waals surface area contributed by atoms with Crippen LogP contribution in [-0.4, -0.2) is 65.9 Å². The number of carbonyl (C=O) groups excluding carboxylic acids is 1. The summed E-state index contributed by atoms with van der Waals surface area (Å²) < 4.78 is 14.9. The van der Waals surface area contributed by atoms with Gasteiger partial charge < -0.3 is 9.80 Å². The van der Waals surface area contributed by atoms with Gasteiger partial charge in [0.2, 0.25) is 0 Å². The zero-order chi connectivity index (χ0) is 22.7. The lowest BCUT2D eigenvalue weighted by Crippen LogP contribution is -2.35. The minimum absolute atomic E-state index is 0.0807. The number of halogens is 1. The summed E-state index contributed by atoms with van der Waals surface area (Å²) in [6, 6.07) is 5.72. The molecule has 0 bridgehead atoms. The Morgan fingerprint density at radius 2 is 1.94 bits per heavy atom. The molecule has 0 saturated carbocycles. The zero-order valence-corrected chi connectivity index (χ0v) is 19.5. The van der Waals surface area contributed by atoms with Gasteiger partial charge in [-0.2, -0.15) is 0 Å². The first-order valence-corrected chi connectivity index (χ1v) is 11.7. The minimum atomic E-state index is -0.117. The molecule has 1 amide bonds. The van der Waals surface area contributed by atoms with Crippen molar-refractivity contribution in [1.82, 2.24) is 19.8 Å². The summed E-state index contributed by atoms with van der Waals surface area (Å²) in [5.41, 5.74) is 3.00. The lowest BCUT2D eigenvalue weighted by atomic mass is 9.96. The number of piperidine rings is 2. The number of anilines is 1. The van der Waals surface area contributed by atoms with Gasteiger partial charge in [0.15, 0.2) is 0 Å². The molecule has 1 unspecified atom stereocenters. The smallest absolute Gasteiger partial charge is 0.256 e. The third-order valence-electron chi connectivity index (χ3n) is 6.66. The van der Waals surface area contributed by atoms with Gasteiger partial charge in [0.1, 0.15) is 11.6 Å². The predicted octanol–water partition coefficient (Wildman–Crippen LogP) is 4.00. The van der Waals surface area contributed by atoms with Gasteiger partial charge in [-0.25, -0.2) is 14.4 Å². The lowest BCUT2D eigenvalue weighted by Gasteiger charge is -2.32. The Balaban J connectivity index is 1.42. The Kier molecular flexibility index (Phi) is 7.04. The number of carbonyl (C=O) groups is 1. The van der Waals surface area contributed by atoms with Crippen molar-refractivity contribution in [2.24, 2.45) is 0 Å². The van der Waals surface area contributed by atoms with E-state index in [0.717, 1.165) is 56.1 Å². The van der Waals surface area contributed by atoms with Crippen molar-refractivity contribution in [2.45, 2.75) is 51.5 Å². The number of rotatable bonds is 5. The monoisotopic (exact) mass is 439 g/mol. The highest BCUT2D eigenvalue weighted by molar-refractivity contribution is 5.94. The van der Waals surface area contributed by atoms with Crippen LogP contribution in [0.3, 0.4) is 0 Å². The van der Waals surface area contributed by atoms with Crippen molar-refractivity contribution in [2.75, 3.05) is 45.2 Å². The van der Waals surface area contributed by atoms with Crippen molar-refractivity contribution < 1.29 is 9.18 Å². The number of hydrogen-bond acceptors (Lipinski definition) is 5. The number of aryl methyl sites for hydroxylation is 1. The first kappa shape index (κ1) is 22.6. The van der Waals surface area contributed by atoms with E-state index in [1.165, 1.54) is 19.3 Å². The van der Waals surface area contributed by atoms with Crippen LogP contribution in [-0.2, 0) is 6.54 Å². The van der Waals surface area contributed by atoms with Crippen LogP contribution in [0, 0.1) is 12.7 Å². The van der Waals surface area contributed by atoms with E-state index in [4.69, 9.17) is 0 Å². The molecule has 0 N–H and O–H groups in total. The summed E-state index contributed by atoms with van der Waals surface area (Å²) in [6.07, 6.45) is 7.32.